The molecule has 0 fully saturated rings. The van der Waals surface area contributed by atoms with Gasteiger partial charge in [-0.1, -0.05) is 0 Å². The second-order valence-corrected chi connectivity index (χ2v) is 4.48. The maximum Gasteiger partial charge on any atom is 0.173 e. The first kappa shape index (κ1) is 11.4. The van der Waals surface area contributed by atoms with Gasteiger partial charge in [-0.25, -0.2) is 0 Å². The SMILES string of the molecule is CC(N)c1cc(Br)c(C=O)c2c1OCCO2. The normalized spacial score (nSPS) is 15.7. The average molecular weight is 286 g/mol. The molecule has 86 valence electrons. The highest BCUT2D eigenvalue weighted by molar-refractivity contribution is 9.10. The minimum absolute atomic E-state index is 0.174. The van der Waals surface area contributed by atoms with Gasteiger partial charge in [-0.3, -0.25) is 4.79 Å². The van der Waals surface area contributed by atoms with Gasteiger partial charge in [-0.05, 0) is 28.9 Å². The van der Waals surface area contributed by atoms with Crippen molar-refractivity contribution in [3.8, 4) is 11.5 Å². The molecule has 0 spiro atoms. The molecule has 1 aliphatic heterocycles. The summed E-state index contributed by atoms with van der Waals surface area (Å²) in [5, 5.41) is 0. The van der Waals surface area contributed by atoms with Crippen molar-refractivity contribution in [3.63, 3.8) is 0 Å². The highest BCUT2D eigenvalue weighted by atomic mass is 79.9. The van der Waals surface area contributed by atoms with E-state index in [1.807, 2.05) is 13.0 Å². The smallest absolute Gasteiger partial charge is 0.173 e. The van der Waals surface area contributed by atoms with Crippen molar-refractivity contribution in [1.29, 1.82) is 0 Å². The van der Waals surface area contributed by atoms with Gasteiger partial charge < -0.3 is 15.2 Å². The third kappa shape index (κ3) is 1.81. The summed E-state index contributed by atoms with van der Waals surface area (Å²) in [6.45, 7) is 2.79. The predicted molar refractivity (Wildman–Crippen MR) is 63.1 cm³/mol. The van der Waals surface area contributed by atoms with Gasteiger partial charge in [0.1, 0.15) is 13.2 Å². The lowest BCUT2D eigenvalue weighted by atomic mass is 10.0. The summed E-state index contributed by atoms with van der Waals surface area (Å²) in [6.07, 6.45) is 0.753. The van der Waals surface area contributed by atoms with Crippen LogP contribution < -0.4 is 15.2 Å². The van der Waals surface area contributed by atoms with Gasteiger partial charge in [0.2, 0.25) is 0 Å². The number of hydrogen-bond donors (Lipinski definition) is 1. The molecule has 0 aliphatic carbocycles. The molecule has 1 heterocycles. The summed E-state index contributed by atoms with van der Waals surface area (Å²) >= 11 is 3.33. The molecule has 1 unspecified atom stereocenters. The Balaban J connectivity index is 2.66. The second-order valence-electron chi connectivity index (χ2n) is 3.62. The Morgan fingerprint density at radius 1 is 1.44 bits per heavy atom. The van der Waals surface area contributed by atoms with Crippen LogP contribution in [-0.4, -0.2) is 19.5 Å². The van der Waals surface area contributed by atoms with E-state index in [1.165, 1.54) is 0 Å². The van der Waals surface area contributed by atoms with Crippen molar-refractivity contribution in [1.82, 2.24) is 0 Å². The summed E-state index contributed by atoms with van der Waals surface area (Å²) < 4.78 is 11.7. The van der Waals surface area contributed by atoms with Crippen molar-refractivity contribution in [2.75, 3.05) is 13.2 Å². The van der Waals surface area contributed by atoms with Crippen LogP contribution in [0.4, 0.5) is 0 Å². The molecule has 1 aromatic carbocycles. The molecular weight excluding hydrogens is 274 g/mol. The maximum absolute atomic E-state index is 11.0. The molecule has 0 saturated heterocycles. The van der Waals surface area contributed by atoms with Gasteiger partial charge in [-0.2, -0.15) is 0 Å². The Morgan fingerprint density at radius 2 is 2.06 bits per heavy atom. The Morgan fingerprint density at radius 3 is 2.62 bits per heavy atom. The van der Waals surface area contributed by atoms with Gasteiger partial charge in [0.25, 0.3) is 0 Å². The lowest BCUT2D eigenvalue weighted by Crippen LogP contribution is -2.20. The number of benzene rings is 1. The van der Waals surface area contributed by atoms with E-state index in [0.29, 0.717) is 34.7 Å². The van der Waals surface area contributed by atoms with Gasteiger partial charge in [0.15, 0.2) is 17.8 Å². The Hall–Kier alpha value is -1.07. The quantitative estimate of drug-likeness (QED) is 0.845. The number of aldehydes is 1. The molecule has 1 atom stereocenters. The first-order valence-electron chi connectivity index (χ1n) is 4.98. The minimum atomic E-state index is -0.174. The highest BCUT2D eigenvalue weighted by Crippen LogP contribution is 2.42. The predicted octanol–water partition coefficient (Wildman–Crippen LogP) is 2.05. The topological polar surface area (TPSA) is 61.6 Å². The largest absolute Gasteiger partial charge is 0.486 e. The first-order valence-corrected chi connectivity index (χ1v) is 5.77. The fourth-order valence-electron chi connectivity index (χ4n) is 1.67. The highest BCUT2D eigenvalue weighted by Gasteiger charge is 2.23. The van der Waals surface area contributed by atoms with E-state index in [2.05, 4.69) is 15.9 Å². The first-order chi connectivity index (χ1) is 7.65. The molecule has 1 aliphatic rings. The summed E-state index contributed by atoms with van der Waals surface area (Å²) in [6, 6.07) is 1.63. The standard InChI is InChI=1S/C11H12BrNO3/c1-6(13)7-4-9(12)8(5-14)11-10(7)15-2-3-16-11/h4-6H,2-3,13H2,1H3. The van der Waals surface area contributed by atoms with E-state index in [9.17, 15) is 4.79 Å². The molecule has 16 heavy (non-hydrogen) atoms. The number of hydrogen-bond acceptors (Lipinski definition) is 4. The fourth-order valence-corrected chi connectivity index (χ4v) is 2.19. The zero-order valence-electron chi connectivity index (χ0n) is 8.83. The van der Waals surface area contributed by atoms with Crippen molar-refractivity contribution in [2.24, 2.45) is 5.73 Å². The van der Waals surface area contributed by atoms with E-state index in [-0.39, 0.29) is 6.04 Å². The molecule has 0 amide bonds. The van der Waals surface area contributed by atoms with Gasteiger partial charge in [0, 0.05) is 16.1 Å². The summed E-state index contributed by atoms with van der Waals surface area (Å²) in [7, 11) is 0. The van der Waals surface area contributed by atoms with Crippen LogP contribution >= 0.6 is 15.9 Å². The molecule has 0 bridgehead atoms. The fraction of sp³-hybridized carbons (Fsp3) is 0.364. The summed E-state index contributed by atoms with van der Waals surface area (Å²) in [4.78, 5) is 11.0. The van der Waals surface area contributed by atoms with Gasteiger partial charge in [0.05, 0.1) is 5.56 Å². The number of nitrogens with two attached hydrogens (primary N) is 1. The van der Waals surface area contributed by atoms with E-state index in [4.69, 9.17) is 15.2 Å². The molecule has 2 rings (SSSR count). The number of carbonyl (C=O) groups is 1. The van der Waals surface area contributed by atoms with Crippen LogP contribution in [0.1, 0.15) is 28.9 Å². The van der Waals surface area contributed by atoms with Crippen molar-refractivity contribution >= 4 is 22.2 Å². The summed E-state index contributed by atoms with van der Waals surface area (Å²) in [5.74, 6) is 1.08. The molecule has 0 aromatic heterocycles. The number of fused-ring (bicyclic) bond motifs is 1. The van der Waals surface area contributed by atoms with Gasteiger partial charge in [-0.15, -0.1) is 0 Å². The maximum atomic E-state index is 11.0. The molecular formula is C11H12BrNO3. The van der Waals surface area contributed by atoms with Crippen LogP contribution in [0.2, 0.25) is 0 Å². The zero-order valence-corrected chi connectivity index (χ0v) is 10.4. The van der Waals surface area contributed by atoms with Crippen LogP contribution in [0.15, 0.2) is 10.5 Å². The van der Waals surface area contributed by atoms with E-state index < -0.39 is 0 Å². The van der Waals surface area contributed by atoms with E-state index in [0.717, 1.165) is 11.8 Å². The molecule has 0 saturated carbocycles. The van der Waals surface area contributed by atoms with Crippen molar-refractivity contribution in [2.45, 2.75) is 13.0 Å². The van der Waals surface area contributed by atoms with E-state index in [1.54, 1.807) is 0 Å². The Bertz CT molecular complexity index is 432. The average Bonchev–Trinajstić information content (AvgIpc) is 2.28. The minimum Gasteiger partial charge on any atom is -0.486 e. The zero-order chi connectivity index (χ0) is 11.7. The Kier molecular flexibility index (Phi) is 3.16. The van der Waals surface area contributed by atoms with Crippen LogP contribution in [0.5, 0.6) is 11.5 Å². The van der Waals surface area contributed by atoms with Crippen LogP contribution in [-0.2, 0) is 0 Å². The van der Waals surface area contributed by atoms with Crippen molar-refractivity contribution in [3.05, 3.63) is 21.7 Å². The monoisotopic (exact) mass is 285 g/mol. The lowest BCUT2D eigenvalue weighted by Gasteiger charge is -2.24. The third-order valence-corrected chi connectivity index (χ3v) is 3.09. The lowest BCUT2D eigenvalue weighted by molar-refractivity contribution is 0.111. The molecule has 5 heteroatoms. The molecule has 0 radical (unpaired) electrons. The molecule has 1 aromatic rings. The molecule has 4 nitrogen and oxygen atoms in total. The number of rotatable bonds is 2. The molecule has 2 N–H and O–H groups in total. The Labute approximate surface area is 102 Å². The number of carbonyl (C=O) groups excluding carboxylic acids is 1. The summed E-state index contributed by atoms with van der Waals surface area (Å²) in [5.41, 5.74) is 7.16. The van der Waals surface area contributed by atoms with Crippen molar-refractivity contribution < 1.29 is 14.3 Å². The van der Waals surface area contributed by atoms with Gasteiger partial charge >= 0.3 is 0 Å². The van der Waals surface area contributed by atoms with E-state index >= 15 is 0 Å². The van der Waals surface area contributed by atoms with Crippen LogP contribution in [0.25, 0.3) is 0 Å². The second kappa shape index (κ2) is 4.43. The van der Waals surface area contributed by atoms with Crippen LogP contribution in [0.3, 0.4) is 0 Å². The number of halogens is 1. The third-order valence-electron chi connectivity index (χ3n) is 2.44. The van der Waals surface area contributed by atoms with Crippen LogP contribution in [0, 0.1) is 0 Å². The number of ether oxygens (including phenoxy) is 2.